The van der Waals surface area contributed by atoms with Gasteiger partial charge in [0.05, 0.1) is 23.4 Å². The van der Waals surface area contributed by atoms with Crippen LogP contribution in [-0.2, 0) is 27.2 Å². The first-order chi connectivity index (χ1) is 19.1. The highest BCUT2D eigenvalue weighted by Crippen LogP contribution is 2.30. The number of nitrogens with zero attached hydrogens (tertiary/aromatic N) is 4. The van der Waals surface area contributed by atoms with Crippen LogP contribution in [0.15, 0.2) is 91.1 Å². The van der Waals surface area contributed by atoms with Crippen molar-refractivity contribution in [3.05, 3.63) is 96.7 Å². The van der Waals surface area contributed by atoms with Crippen LogP contribution in [-0.4, -0.2) is 64.3 Å². The minimum absolute atomic E-state index is 0.0783. The van der Waals surface area contributed by atoms with Crippen molar-refractivity contribution in [1.29, 1.82) is 0 Å². The van der Waals surface area contributed by atoms with Gasteiger partial charge in [-0.25, -0.2) is 4.98 Å². The molecule has 1 unspecified atom stereocenters. The smallest absolute Gasteiger partial charge is 0.242 e. The van der Waals surface area contributed by atoms with Gasteiger partial charge in [0, 0.05) is 43.8 Å². The standard InChI is InChI=1S/C30H31N5O4/c31-23-9-10-29(32-18-23)39-27-8-4-7-25-24(27)11-12-35(25)19-30(36)34-15-13-33(14-16-34)26(28-20-37-21-38-28)17-22-5-2-1-3-6-22/h1-12,18,20,26H,13-17,19,21,31H2. The molecular weight excluding hydrogens is 494 g/mol. The number of hydrogen-bond donors (Lipinski definition) is 1. The monoisotopic (exact) mass is 525 g/mol. The number of nitrogen functional groups attached to an aromatic ring is 1. The minimum atomic E-state index is 0.0783. The van der Waals surface area contributed by atoms with E-state index in [9.17, 15) is 4.79 Å². The number of anilines is 1. The van der Waals surface area contributed by atoms with E-state index in [1.807, 2.05) is 46.0 Å². The molecule has 4 aromatic rings. The topological polar surface area (TPSA) is 95.1 Å². The largest absolute Gasteiger partial charge is 0.462 e. The number of benzene rings is 2. The third kappa shape index (κ3) is 5.53. The van der Waals surface area contributed by atoms with Crippen LogP contribution in [0.4, 0.5) is 5.69 Å². The lowest BCUT2D eigenvalue weighted by molar-refractivity contribution is -0.133. The number of amides is 1. The summed E-state index contributed by atoms with van der Waals surface area (Å²) in [6.45, 7) is 3.38. The van der Waals surface area contributed by atoms with Crippen molar-refractivity contribution in [2.75, 3.05) is 38.7 Å². The third-order valence-corrected chi connectivity index (χ3v) is 7.25. The van der Waals surface area contributed by atoms with Crippen LogP contribution in [0.25, 0.3) is 10.9 Å². The summed E-state index contributed by atoms with van der Waals surface area (Å²) in [5.74, 6) is 2.10. The molecule has 2 aliphatic heterocycles. The number of carbonyl (C=O) groups is 1. The fourth-order valence-electron chi connectivity index (χ4n) is 5.19. The van der Waals surface area contributed by atoms with Gasteiger partial charge >= 0.3 is 0 Å². The maximum Gasteiger partial charge on any atom is 0.242 e. The van der Waals surface area contributed by atoms with E-state index < -0.39 is 0 Å². The zero-order valence-corrected chi connectivity index (χ0v) is 21.6. The van der Waals surface area contributed by atoms with Crippen molar-refractivity contribution in [1.82, 2.24) is 19.4 Å². The van der Waals surface area contributed by atoms with Crippen LogP contribution in [0, 0.1) is 0 Å². The second kappa shape index (κ2) is 11.1. The average molecular weight is 526 g/mol. The van der Waals surface area contributed by atoms with Crippen molar-refractivity contribution < 1.29 is 19.0 Å². The Kier molecular flexibility index (Phi) is 7.05. The van der Waals surface area contributed by atoms with Gasteiger partial charge < -0.3 is 29.4 Å². The summed E-state index contributed by atoms with van der Waals surface area (Å²) in [5.41, 5.74) is 8.49. The summed E-state index contributed by atoms with van der Waals surface area (Å²) >= 11 is 0. The van der Waals surface area contributed by atoms with E-state index in [0.717, 1.165) is 36.2 Å². The summed E-state index contributed by atoms with van der Waals surface area (Å²) in [4.78, 5) is 21.9. The van der Waals surface area contributed by atoms with E-state index in [0.29, 0.717) is 30.4 Å². The summed E-state index contributed by atoms with van der Waals surface area (Å²) in [6, 6.07) is 21.7. The lowest BCUT2D eigenvalue weighted by atomic mass is 10.0. The van der Waals surface area contributed by atoms with Gasteiger partial charge in [0.15, 0.2) is 5.76 Å². The first-order valence-electron chi connectivity index (χ1n) is 13.1. The molecule has 9 heteroatoms. The molecule has 0 saturated carbocycles. The lowest BCUT2D eigenvalue weighted by Gasteiger charge is -2.39. The van der Waals surface area contributed by atoms with E-state index in [1.165, 1.54) is 5.56 Å². The van der Waals surface area contributed by atoms with E-state index in [1.54, 1.807) is 24.6 Å². The van der Waals surface area contributed by atoms with Crippen LogP contribution < -0.4 is 10.5 Å². The molecule has 0 radical (unpaired) electrons. The average Bonchev–Trinajstić information content (AvgIpc) is 3.65. The number of fused-ring (bicyclic) bond motifs is 1. The van der Waals surface area contributed by atoms with Gasteiger partial charge in [-0.05, 0) is 36.2 Å². The van der Waals surface area contributed by atoms with E-state index in [2.05, 4.69) is 34.1 Å². The number of pyridine rings is 1. The Bertz CT molecular complexity index is 1460. The minimum Gasteiger partial charge on any atom is -0.462 e. The highest BCUT2D eigenvalue weighted by Gasteiger charge is 2.31. The molecule has 2 aromatic carbocycles. The van der Waals surface area contributed by atoms with Gasteiger partial charge in [-0.2, -0.15) is 0 Å². The Morgan fingerprint density at radius 3 is 2.59 bits per heavy atom. The van der Waals surface area contributed by atoms with E-state index in [-0.39, 0.29) is 25.3 Å². The summed E-state index contributed by atoms with van der Waals surface area (Å²) < 4.78 is 19.1. The molecule has 1 saturated heterocycles. The summed E-state index contributed by atoms with van der Waals surface area (Å²) in [6.07, 6.45) is 6.05. The summed E-state index contributed by atoms with van der Waals surface area (Å²) in [7, 11) is 0. The van der Waals surface area contributed by atoms with Crippen molar-refractivity contribution in [3.63, 3.8) is 0 Å². The summed E-state index contributed by atoms with van der Waals surface area (Å²) in [5, 5.41) is 0.921. The fourth-order valence-corrected chi connectivity index (χ4v) is 5.19. The maximum atomic E-state index is 13.3. The predicted octanol–water partition coefficient (Wildman–Crippen LogP) is 4.01. The van der Waals surface area contributed by atoms with Crippen LogP contribution in [0.3, 0.4) is 0 Å². The predicted molar refractivity (Wildman–Crippen MR) is 148 cm³/mol. The molecular formula is C30H31N5O4. The van der Waals surface area contributed by atoms with Crippen molar-refractivity contribution in [3.8, 4) is 11.6 Å². The highest BCUT2D eigenvalue weighted by atomic mass is 16.7. The number of piperazine rings is 1. The molecule has 0 spiro atoms. The van der Waals surface area contributed by atoms with Crippen LogP contribution in [0.1, 0.15) is 5.56 Å². The molecule has 2 aliphatic rings. The number of nitrogens with two attached hydrogens (primary N) is 1. The third-order valence-electron chi connectivity index (χ3n) is 7.25. The molecule has 200 valence electrons. The normalized spacial score (nSPS) is 16.4. The van der Waals surface area contributed by atoms with Crippen molar-refractivity contribution >= 4 is 22.5 Å². The zero-order valence-electron chi connectivity index (χ0n) is 21.6. The van der Waals surface area contributed by atoms with E-state index in [4.69, 9.17) is 19.9 Å². The van der Waals surface area contributed by atoms with Crippen molar-refractivity contribution in [2.45, 2.75) is 19.0 Å². The Morgan fingerprint density at radius 1 is 1.00 bits per heavy atom. The van der Waals surface area contributed by atoms with Gasteiger partial charge in [0.2, 0.25) is 18.6 Å². The SMILES string of the molecule is Nc1ccc(Oc2cccc3c2ccn3CC(=O)N2CCN(C(Cc3ccccc3)C3=COCO3)CC2)nc1. The van der Waals surface area contributed by atoms with Gasteiger partial charge in [0.25, 0.3) is 0 Å². The highest BCUT2D eigenvalue weighted by molar-refractivity contribution is 5.88. The Hall–Kier alpha value is -4.50. The number of carbonyl (C=O) groups excluding carboxylic acids is 1. The van der Waals surface area contributed by atoms with Crippen LogP contribution in [0.2, 0.25) is 0 Å². The van der Waals surface area contributed by atoms with Crippen molar-refractivity contribution in [2.24, 2.45) is 0 Å². The zero-order chi connectivity index (χ0) is 26.6. The molecule has 4 heterocycles. The molecule has 0 bridgehead atoms. The number of hydrogen-bond acceptors (Lipinski definition) is 7. The van der Waals surface area contributed by atoms with E-state index >= 15 is 0 Å². The molecule has 1 fully saturated rings. The van der Waals surface area contributed by atoms with Gasteiger partial charge in [-0.3, -0.25) is 9.69 Å². The molecule has 0 aliphatic carbocycles. The first kappa shape index (κ1) is 24.8. The quantitative estimate of drug-likeness (QED) is 0.371. The molecule has 1 atom stereocenters. The van der Waals surface area contributed by atoms with Gasteiger partial charge in [0.1, 0.15) is 18.6 Å². The second-order valence-electron chi connectivity index (χ2n) is 9.74. The molecule has 2 aromatic heterocycles. The number of rotatable bonds is 8. The molecule has 2 N–H and O–H groups in total. The second-order valence-corrected chi connectivity index (χ2v) is 9.74. The lowest BCUT2D eigenvalue weighted by Crippen LogP contribution is -2.53. The molecule has 1 amide bonds. The Morgan fingerprint density at radius 2 is 1.85 bits per heavy atom. The number of aromatic nitrogens is 2. The van der Waals surface area contributed by atoms with Crippen LogP contribution in [0.5, 0.6) is 11.6 Å². The van der Waals surface area contributed by atoms with Crippen LogP contribution >= 0.6 is 0 Å². The maximum absolute atomic E-state index is 13.3. The fraction of sp³-hybridized carbons (Fsp3) is 0.267. The first-order valence-corrected chi connectivity index (χ1v) is 13.1. The molecule has 39 heavy (non-hydrogen) atoms. The Labute approximate surface area is 227 Å². The number of ether oxygens (including phenoxy) is 3. The molecule has 9 nitrogen and oxygen atoms in total. The van der Waals surface area contributed by atoms with Gasteiger partial charge in [-0.1, -0.05) is 36.4 Å². The van der Waals surface area contributed by atoms with Gasteiger partial charge in [-0.15, -0.1) is 0 Å². The Balaban J connectivity index is 1.10. The molecule has 6 rings (SSSR count).